The number of nitrogens with zero attached hydrogens (tertiary/aromatic N) is 4. The van der Waals surface area contributed by atoms with Gasteiger partial charge in [0, 0.05) is 24.8 Å². The van der Waals surface area contributed by atoms with Crippen LogP contribution in [0.3, 0.4) is 0 Å². The van der Waals surface area contributed by atoms with Gasteiger partial charge in [0.2, 0.25) is 11.9 Å². The van der Waals surface area contributed by atoms with E-state index in [-0.39, 0.29) is 5.91 Å². The number of benzene rings is 2. The lowest BCUT2D eigenvalue weighted by atomic mass is 10.0. The summed E-state index contributed by atoms with van der Waals surface area (Å²) in [4.78, 5) is 22.6. The number of amides is 1. The van der Waals surface area contributed by atoms with Gasteiger partial charge in [-0.1, -0.05) is 24.3 Å². The van der Waals surface area contributed by atoms with Crippen molar-refractivity contribution < 1.29 is 14.6 Å². The van der Waals surface area contributed by atoms with Crippen LogP contribution in [0.25, 0.3) is 22.5 Å². The smallest absolute Gasteiger partial charge is 0.248 e. The number of aromatic nitrogens is 3. The molecule has 1 amide bonds. The molecule has 2 aromatic heterocycles. The molecule has 0 aliphatic carbocycles. The summed E-state index contributed by atoms with van der Waals surface area (Å²) in [6, 6.07) is 19.2. The highest BCUT2D eigenvalue weighted by molar-refractivity contribution is 5.83. The summed E-state index contributed by atoms with van der Waals surface area (Å²) in [6.45, 7) is 0.494. The van der Waals surface area contributed by atoms with Gasteiger partial charge in [0.1, 0.15) is 23.9 Å². The van der Waals surface area contributed by atoms with Crippen LogP contribution < -0.4 is 10.5 Å². The molecule has 5 rings (SSSR count). The number of nitrogen functional groups attached to an aromatic ring is 1. The Kier molecular flexibility index (Phi) is 5.50. The van der Waals surface area contributed by atoms with Crippen molar-refractivity contribution in [1.29, 1.82) is 0 Å². The lowest BCUT2D eigenvalue weighted by Gasteiger charge is -2.25. The van der Waals surface area contributed by atoms with Gasteiger partial charge in [-0.2, -0.15) is 0 Å². The predicted octanol–water partition coefficient (Wildman–Crippen LogP) is 3.38. The number of hydrogen-bond acceptors (Lipinski definition) is 6. The second-order valence-corrected chi connectivity index (χ2v) is 7.72. The molecule has 1 aliphatic rings. The molecule has 8 nitrogen and oxygen atoms in total. The van der Waals surface area contributed by atoms with Gasteiger partial charge in [-0.15, -0.1) is 0 Å². The molecule has 0 fully saturated rings. The maximum atomic E-state index is 11.8. The monoisotopic (exact) mass is 441 g/mol. The summed E-state index contributed by atoms with van der Waals surface area (Å²) in [5.41, 5.74) is 9.83. The average molecular weight is 441 g/mol. The third-order valence-corrected chi connectivity index (χ3v) is 5.67. The van der Waals surface area contributed by atoms with Crippen LogP contribution in [0.1, 0.15) is 12.1 Å². The molecule has 0 saturated carbocycles. The zero-order chi connectivity index (χ0) is 22.8. The minimum absolute atomic E-state index is 0.271. The second-order valence-electron chi connectivity index (χ2n) is 7.72. The van der Waals surface area contributed by atoms with Gasteiger partial charge >= 0.3 is 0 Å². The molecular formula is C25H23N5O3. The lowest BCUT2D eigenvalue weighted by Crippen LogP contribution is -2.36. The standard InChI is InChI=1S/C25H23N5O3/c26-25-27-13-10-21-23(17-11-14-29(15-12-17)22(32)16-31)28-24(30(21)25)18-6-8-20(9-7-18)33-19-4-2-1-3-5-19/h1-11,13,31H,12,14-16H2,(H2,26,27). The van der Waals surface area contributed by atoms with Crippen LogP contribution in [-0.4, -0.2) is 50.0 Å². The van der Waals surface area contributed by atoms with E-state index in [0.29, 0.717) is 31.3 Å². The molecule has 1 aliphatic heterocycles. The number of carbonyl (C=O) groups is 1. The number of nitrogens with two attached hydrogens (primary N) is 1. The van der Waals surface area contributed by atoms with Gasteiger partial charge in [0.25, 0.3) is 0 Å². The first-order chi connectivity index (χ1) is 16.1. The molecule has 0 spiro atoms. The lowest BCUT2D eigenvalue weighted by molar-refractivity contribution is -0.133. The van der Waals surface area contributed by atoms with E-state index in [4.69, 9.17) is 20.6 Å². The van der Waals surface area contributed by atoms with Crippen LogP contribution in [0.2, 0.25) is 0 Å². The number of imidazole rings is 1. The first-order valence-electron chi connectivity index (χ1n) is 10.7. The minimum Gasteiger partial charge on any atom is -0.457 e. The normalized spacial score (nSPS) is 13.7. The van der Waals surface area contributed by atoms with Crippen LogP contribution in [-0.2, 0) is 4.79 Å². The van der Waals surface area contributed by atoms with E-state index < -0.39 is 6.61 Å². The molecule has 33 heavy (non-hydrogen) atoms. The summed E-state index contributed by atoms with van der Waals surface area (Å²) in [7, 11) is 0. The van der Waals surface area contributed by atoms with Crippen LogP contribution in [0.15, 0.2) is 72.9 Å². The van der Waals surface area contributed by atoms with E-state index in [1.165, 1.54) is 0 Å². The molecule has 166 valence electrons. The Bertz CT molecular complexity index is 1330. The van der Waals surface area contributed by atoms with E-state index in [9.17, 15) is 4.79 Å². The molecule has 0 atom stereocenters. The maximum absolute atomic E-state index is 11.8. The second kappa shape index (κ2) is 8.76. The van der Waals surface area contributed by atoms with Gasteiger partial charge in [0.05, 0.1) is 11.2 Å². The van der Waals surface area contributed by atoms with Crippen molar-refractivity contribution in [3.63, 3.8) is 0 Å². The maximum Gasteiger partial charge on any atom is 0.248 e. The number of ether oxygens (including phenoxy) is 1. The fourth-order valence-electron chi connectivity index (χ4n) is 4.00. The van der Waals surface area contributed by atoms with E-state index in [2.05, 4.69) is 4.98 Å². The molecule has 2 aromatic carbocycles. The van der Waals surface area contributed by atoms with Crippen LogP contribution in [0.5, 0.6) is 11.5 Å². The van der Waals surface area contributed by atoms with E-state index in [1.54, 1.807) is 11.1 Å². The van der Waals surface area contributed by atoms with Gasteiger partial charge in [-0.05, 0) is 54.5 Å². The van der Waals surface area contributed by atoms with Crippen LogP contribution in [0, 0.1) is 0 Å². The number of fused-ring (bicyclic) bond motifs is 1. The Balaban J connectivity index is 1.49. The SMILES string of the molecule is Nc1nccc2c(C3=CCN(C(=O)CO)CC3)nc(-c3ccc(Oc4ccccc4)cc3)n12. The number of hydrogen-bond donors (Lipinski definition) is 2. The van der Waals surface area contributed by atoms with Crippen molar-refractivity contribution in [2.75, 3.05) is 25.4 Å². The molecule has 8 heteroatoms. The number of para-hydroxylation sites is 1. The molecule has 3 heterocycles. The van der Waals surface area contributed by atoms with E-state index in [0.717, 1.165) is 33.8 Å². The molecule has 0 bridgehead atoms. The van der Waals surface area contributed by atoms with Crippen molar-refractivity contribution in [1.82, 2.24) is 19.3 Å². The minimum atomic E-state index is -0.479. The largest absolute Gasteiger partial charge is 0.457 e. The van der Waals surface area contributed by atoms with Gasteiger partial charge in [-0.25, -0.2) is 9.97 Å². The highest BCUT2D eigenvalue weighted by atomic mass is 16.5. The van der Waals surface area contributed by atoms with Crippen LogP contribution >= 0.6 is 0 Å². The third-order valence-electron chi connectivity index (χ3n) is 5.67. The van der Waals surface area contributed by atoms with Crippen molar-refractivity contribution in [2.45, 2.75) is 6.42 Å². The fraction of sp³-hybridized carbons (Fsp3) is 0.160. The molecular weight excluding hydrogens is 418 g/mol. The summed E-state index contributed by atoms with van der Waals surface area (Å²) >= 11 is 0. The average Bonchev–Trinajstić information content (AvgIpc) is 3.26. The number of aliphatic hydroxyl groups excluding tert-OH is 1. The topological polar surface area (TPSA) is 106 Å². The van der Waals surface area contributed by atoms with E-state index >= 15 is 0 Å². The predicted molar refractivity (Wildman–Crippen MR) is 126 cm³/mol. The highest BCUT2D eigenvalue weighted by Gasteiger charge is 2.22. The van der Waals surface area contributed by atoms with Gasteiger partial charge in [-0.3, -0.25) is 9.20 Å². The van der Waals surface area contributed by atoms with E-state index in [1.807, 2.05) is 71.1 Å². The third kappa shape index (κ3) is 4.04. The Labute approximate surface area is 190 Å². The fourth-order valence-corrected chi connectivity index (χ4v) is 4.00. The van der Waals surface area contributed by atoms with Crippen LogP contribution in [0.4, 0.5) is 5.95 Å². The molecule has 3 N–H and O–H groups in total. The Morgan fingerprint density at radius 1 is 1.06 bits per heavy atom. The quantitative estimate of drug-likeness (QED) is 0.492. The number of carbonyl (C=O) groups excluding carboxylic acids is 1. The zero-order valence-corrected chi connectivity index (χ0v) is 17.9. The molecule has 4 aromatic rings. The molecule has 0 radical (unpaired) electrons. The summed E-state index contributed by atoms with van der Waals surface area (Å²) < 4.78 is 7.74. The molecule has 0 saturated heterocycles. The first kappa shape index (κ1) is 20.7. The summed E-state index contributed by atoms with van der Waals surface area (Å²) in [5, 5.41) is 9.12. The van der Waals surface area contributed by atoms with Crippen molar-refractivity contribution >= 4 is 22.9 Å². The van der Waals surface area contributed by atoms with Crippen molar-refractivity contribution in [3.05, 3.63) is 78.6 Å². The summed E-state index contributed by atoms with van der Waals surface area (Å²) in [5.74, 6) is 2.25. The number of rotatable bonds is 5. The summed E-state index contributed by atoms with van der Waals surface area (Å²) in [6.07, 6.45) is 4.29. The number of aliphatic hydroxyl groups is 1. The van der Waals surface area contributed by atoms with Crippen molar-refractivity contribution in [3.8, 4) is 22.9 Å². The first-order valence-corrected chi connectivity index (χ1v) is 10.7. The zero-order valence-electron chi connectivity index (χ0n) is 17.9. The van der Waals surface area contributed by atoms with Crippen molar-refractivity contribution in [2.24, 2.45) is 0 Å². The number of anilines is 1. The highest BCUT2D eigenvalue weighted by Crippen LogP contribution is 2.32. The Morgan fingerprint density at radius 2 is 1.82 bits per heavy atom. The van der Waals surface area contributed by atoms with Gasteiger partial charge < -0.3 is 20.5 Å². The Morgan fingerprint density at radius 3 is 2.52 bits per heavy atom. The van der Waals surface area contributed by atoms with Gasteiger partial charge in [0.15, 0.2) is 0 Å². The molecule has 0 unspecified atom stereocenters. The Hall–Kier alpha value is -4.17.